The van der Waals surface area contributed by atoms with Gasteiger partial charge in [0.25, 0.3) is 0 Å². The van der Waals surface area contributed by atoms with Crippen LogP contribution in [0.3, 0.4) is 0 Å². The molecule has 92 valence electrons. The molecule has 0 aliphatic heterocycles. The van der Waals surface area contributed by atoms with Crippen LogP contribution >= 0.6 is 36.5 Å². The Kier molecular flexibility index (Phi) is 120. The molecule has 0 heterocycles. The molecule has 1 nitrogen and oxygen atoms in total. The van der Waals surface area contributed by atoms with E-state index in [1.165, 1.54) is 19.3 Å². The van der Waals surface area contributed by atoms with Gasteiger partial charge in [0.05, 0.1) is 0 Å². The molecule has 0 radical (unpaired) electrons. The Hall–Kier alpha value is 1.71. The summed E-state index contributed by atoms with van der Waals surface area (Å²) in [5.41, 5.74) is 0. The molecule has 1 aliphatic rings. The van der Waals surface area contributed by atoms with Crippen molar-refractivity contribution in [2.24, 2.45) is 0 Å². The second-order valence-electron chi connectivity index (χ2n) is 1.33. The van der Waals surface area contributed by atoms with Crippen molar-refractivity contribution < 1.29 is 8.67 Å². The number of rotatable bonds is 1. The Morgan fingerprint density at radius 3 is 1.14 bits per heavy atom. The maximum absolute atomic E-state index is 4.41. The van der Waals surface area contributed by atoms with Crippen LogP contribution < -0.4 is 0 Å². The number of thiol groups is 1. The van der Waals surface area contributed by atoms with E-state index in [1.54, 1.807) is 0 Å². The molecule has 0 aromatic heterocycles. The third kappa shape index (κ3) is 161. The van der Waals surface area contributed by atoms with Crippen LogP contribution in [0.4, 0.5) is 4.70 Å². The van der Waals surface area contributed by atoms with E-state index in [2.05, 4.69) is 40.5 Å². The molecule has 1 aliphatic carbocycles. The summed E-state index contributed by atoms with van der Waals surface area (Å²) in [6.45, 7) is 0. The third-order valence-electron chi connectivity index (χ3n) is 0.387. The van der Waals surface area contributed by atoms with Crippen molar-refractivity contribution in [2.75, 3.05) is 0 Å². The topological polar surface area (TPSA) is 9.23 Å². The van der Waals surface area contributed by atoms with Gasteiger partial charge in [0.1, 0.15) is 0 Å². The van der Waals surface area contributed by atoms with Crippen LogP contribution in [-0.2, 0) is 27.6 Å². The fraction of sp³-hybridized carbons (Fsp3) is 1.00. The molecule has 1 rings (SSSR count). The van der Waals surface area contributed by atoms with Crippen LogP contribution in [0.5, 0.6) is 0 Å². The largest absolute Gasteiger partial charge is 0.303 e. The molecular formula is C6H22FOP3S3. The number of halogens is 1. The van der Waals surface area contributed by atoms with Crippen LogP contribution in [0.15, 0.2) is 0 Å². The first kappa shape index (κ1) is 36.1. The first-order valence-corrected chi connectivity index (χ1v) is 7.84. The SMILES string of the molecule is C.C.C.C1CC1.F.POS.S=PP=S. The van der Waals surface area contributed by atoms with Crippen molar-refractivity contribution in [3.63, 3.8) is 0 Å². The molecule has 1 atom stereocenters. The van der Waals surface area contributed by atoms with Gasteiger partial charge in [0, 0.05) is 23.6 Å². The van der Waals surface area contributed by atoms with Gasteiger partial charge in [-0.3, -0.25) is 4.70 Å². The van der Waals surface area contributed by atoms with Crippen molar-refractivity contribution >= 4 is 60.1 Å². The summed E-state index contributed by atoms with van der Waals surface area (Å²) in [6, 6.07) is 0. The summed E-state index contributed by atoms with van der Waals surface area (Å²) < 4.78 is 3.86. The predicted octanol–water partition coefficient (Wildman–Crippen LogP) is 5.59. The molecule has 0 amide bonds. The van der Waals surface area contributed by atoms with Gasteiger partial charge < -0.3 is 3.97 Å². The zero-order valence-electron chi connectivity index (χ0n) is 5.67. The van der Waals surface area contributed by atoms with Gasteiger partial charge in [-0.2, -0.15) is 0 Å². The fourth-order valence-electron chi connectivity index (χ4n) is 0. The molecule has 8 heteroatoms. The van der Waals surface area contributed by atoms with Gasteiger partial charge in [0.2, 0.25) is 0 Å². The van der Waals surface area contributed by atoms with Gasteiger partial charge >= 0.3 is 0 Å². The lowest BCUT2D eigenvalue weighted by Crippen LogP contribution is -1.13. The van der Waals surface area contributed by atoms with E-state index >= 15 is 0 Å². The zero-order valence-corrected chi connectivity index (χ0v) is 11.1. The first-order chi connectivity index (χ1) is 4.83. The second-order valence-corrected chi connectivity index (χ2v) is 6.42. The molecule has 1 fully saturated rings. The lowest BCUT2D eigenvalue weighted by Gasteiger charge is -1.57. The first-order valence-electron chi connectivity index (χ1n) is 2.48. The normalized spacial score (nSPS) is 9.00. The van der Waals surface area contributed by atoms with Crippen molar-refractivity contribution in [1.82, 2.24) is 0 Å². The summed E-state index contributed by atoms with van der Waals surface area (Å²) in [7, 11) is 3.68. The standard InChI is InChI=1S/C3H6.3CH4.FH.H3OPS.P2S2/c1-2-3-1;;;;;2-1-3;3-1-2-4/h1-3H2;3*1H4;1H;3H,2H2;. The minimum Gasteiger partial charge on any atom is -0.303 e. The summed E-state index contributed by atoms with van der Waals surface area (Å²) in [5, 5.41) is 0. The Bertz CT molecular complexity index is 80.0. The minimum atomic E-state index is 0. The highest BCUT2D eigenvalue weighted by atomic mass is 32.7. The molecule has 0 bridgehead atoms. The lowest BCUT2D eigenvalue weighted by molar-refractivity contribution is 0.776. The molecular weight excluding hydrogens is 296 g/mol. The van der Waals surface area contributed by atoms with Gasteiger partial charge in [-0.15, -0.1) is 0 Å². The predicted molar refractivity (Wildman–Crippen MR) is 84.9 cm³/mol. The van der Waals surface area contributed by atoms with Crippen LogP contribution in [0.25, 0.3) is 0 Å². The van der Waals surface area contributed by atoms with Crippen molar-refractivity contribution in [1.29, 1.82) is 0 Å². The zero-order chi connectivity index (χ0) is 8.24. The molecule has 0 aromatic carbocycles. The maximum Gasteiger partial charge on any atom is 0.0464 e. The van der Waals surface area contributed by atoms with E-state index in [0.717, 1.165) is 14.1 Å². The summed E-state index contributed by atoms with van der Waals surface area (Å²) in [4.78, 5) is 0. The van der Waals surface area contributed by atoms with E-state index in [0.29, 0.717) is 0 Å². The molecule has 1 unspecified atom stereocenters. The Morgan fingerprint density at radius 1 is 1.00 bits per heavy atom. The average Bonchev–Trinajstić information content (AvgIpc) is 2.73. The highest BCUT2D eigenvalue weighted by Gasteiger charge is 1.95. The molecule has 0 spiro atoms. The van der Waals surface area contributed by atoms with E-state index in [9.17, 15) is 0 Å². The van der Waals surface area contributed by atoms with Crippen molar-refractivity contribution in [3.8, 4) is 0 Å². The quantitative estimate of drug-likeness (QED) is 0.384. The van der Waals surface area contributed by atoms with Crippen molar-refractivity contribution in [2.45, 2.75) is 41.5 Å². The van der Waals surface area contributed by atoms with Gasteiger partial charge in [-0.1, -0.05) is 41.5 Å². The van der Waals surface area contributed by atoms with Gasteiger partial charge in [-0.05, 0) is 36.5 Å². The van der Waals surface area contributed by atoms with E-state index < -0.39 is 0 Å². The molecule has 0 saturated heterocycles. The second kappa shape index (κ2) is 46.5. The van der Waals surface area contributed by atoms with Crippen LogP contribution in [-0.4, -0.2) is 0 Å². The summed E-state index contributed by atoms with van der Waals surface area (Å²) >= 11 is 12.1. The summed E-state index contributed by atoms with van der Waals surface area (Å²) in [6.07, 6.45) is 4.50. The van der Waals surface area contributed by atoms with E-state index in [4.69, 9.17) is 0 Å². The van der Waals surface area contributed by atoms with Crippen molar-refractivity contribution in [3.05, 3.63) is 0 Å². The highest BCUT2D eigenvalue weighted by Crippen LogP contribution is 2.14. The number of hydrogen-bond acceptors (Lipinski definition) is 4. The molecule has 1 saturated carbocycles. The lowest BCUT2D eigenvalue weighted by atomic mass is 11.0. The molecule has 14 heavy (non-hydrogen) atoms. The average molecular weight is 318 g/mol. The third-order valence-corrected chi connectivity index (χ3v) is 3.05. The Balaban J connectivity index is -0.0000000151. The number of hydrogen-bond donors (Lipinski definition) is 1. The molecule has 0 N–H and O–H groups in total. The highest BCUT2D eigenvalue weighted by molar-refractivity contribution is 8.40. The maximum atomic E-state index is 4.41. The Labute approximate surface area is 110 Å². The monoisotopic (exact) mass is 318 g/mol. The summed E-state index contributed by atoms with van der Waals surface area (Å²) in [5.74, 6) is 0. The van der Waals surface area contributed by atoms with Crippen LogP contribution in [0.1, 0.15) is 41.5 Å². The van der Waals surface area contributed by atoms with Gasteiger partial charge in [-0.25, -0.2) is 0 Å². The van der Waals surface area contributed by atoms with Crippen LogP contribution in [0.2, 0.25) is 0 Å². The fourth-order valence-corrected chi connectivity index (χ4v) is 0. The Morgan fingerprint density at radius 2 is 1.14 bits per heavy atom. The smallest absolute Gasteiger partial charge is 0.0464 e. The molecule has 0 aromatic rings. The van der Waals surface area contributed by atoms with Crippen LogP contribution in [0, 0.1) is 0 Å². The minimum absolute atomic E-state index is 0. The van der Waals surface area contributed by atoms with Gasteiger partial charge in [0.15, 0.2) is 0 Å². The van der Waals surface area contributed by atoms with E-state index in [1.807, 2.05) is 9.47 Å². The van der Waals surface area contributed by atoms with E-state index in [-0.39, 0.29) is 27.0 Å².